The van der Waals surface area contributed by atoms with Crippen molar-refractivity contribution in [3.63, 3.8) is 0 Å². The van der Waals surface area contributed by atoms with E-state index in [-0.39, 0.29) is 23.9 Å². The number of ether oxygens (including phenoxy) is 2. The zero-order chi connectivity index (χ0) is 18.2. The molecule has 0 bridgehead atoms. The van der Waals surface area contributed by atoms with E-state index < -0.39 is 0 Å². The van der Waals surface area contributed by atoms with Gasteiger partial charge in [0.1, 0.15) is 18.6 Å². The van der Waals surface area contributed by atoms with E-state index in [0.717, 1.165) is 16.5 Å². The lowest BCUT2D eigenvalue weighted by Crippen LogP contribution is -2.15. The monoisotopic (exact) mass is 343 g/mol. The third-order valence-electron chi connectivity index (χ3n) is 3.80. The fraction of sp³-hybridized carbons (Fsp3) is 0.316. The summed E-state index contributed by atoms with van der Waals surface area (Å²) < 4.78 is 9.80. The van der Waals surface area contributed by atoms with Crippen molar-refractivity contribution in [2.75, 3.05) is 21.3 Å². The lowest BCUT2D eigenvalue weighted by molar-refractivity contribution is -0.140. The van der Waals surface area contributed by atoms with Crippen LogP contribution in [-0.2, 0) is 14.4 Å². The van der Waals surface area contributed by atoms with Gasteiger partial charge in [-0.05, 0) is 41.8 Å². The van der Waals surface area contributed by atoms with Crippen molar-refractivity contribution in [1.82, 2.24) is 0 Å². The number of carbonyl (C=O) groups is 2. The number of Topliss-reactive ketones (excluding diaryl/α,β-unsaturated/α-hetero) is 1. The first kappa shape index (κ1) is 18.4. The molecule has 2 aromatic carbocycles. The van der Waals surface area contributed by atoms with Gasteiger partial charge in [-0.25, -0.2) is 0 Å². The molecule has 0 amide bonds. The maximum atomic E-state index is 12.7. The molecule has 25 heavy (non-hydrogen) atoms. The van der Waals surface area contributed by atoms with Crippen LogP contribution in [0.1, 0.15) is 29.6 Å². The van der Waals surface area contributed by atoms with Crippen molar-refractivity contribution in [2.24, 2.45) is 5.16 Å². The third kappa shape index (κ3) is 4.79. The second-order valence-electron chi connectivity index (χ2n) is 5.41. The molecule has 0 spiro atoms. The highest BCUT2D eigenvalue weighted by Crippen LogP contribution is 2.22. The van der Waals surface area contributed by atoms with E-state index in [9.17, 15) is 9.59 Å². The summed E-state index contributed by atoms with van der Waals surface area (Å²) in [4.78, 5) is 28.7. The Morgan fingerprint density at radius 3 is 2.36 bits per heavy atom. The molecule has 0 saturated heterocycles. The van der Waals surface area contributed by atoms with Crippen LogP contribution in [0.2, 0.25) is 0 Å². The van der Waals surface area contributed by atoms with Gasteiger partial charge in [-0.3, -0.25) is 9.59 Å². The first-order valence-electron chi connectivity index (χ1n) is 7.88. The van der Waals surface area contributed by atoms with Crippen LogP contribution in [0.5, 0.6) is 5.75 Å². The molecule has 0 radical (unpaired) electrons. The Balaban J connectivity index is 2.19. The van der Waals surface area contributed by atoms with Crippen LogP contribution < -0.4 is 4.74 Å². The molecule has 6 nitrogen and oxygen atoms in total. The Bertz CT molecular complexity index is 798. The number of carbonyl (C=O) groups excluding carboxylic acids is 2. The Hall–Kier alpha value is -2.89. The minimum Gasteiger partial charge on any atom is -0.497 e. The number of benzene rings is 2. The van der Waals surface area contributed by atoms with Crippen molar-refractivity contribution in [3.05, 3.63) is 42.0 Å². The molecule has 0 saturated carbocycles. The molecule has 0 N–H and O–H groups in total. The molecule has 0 unspecified atom stereocenters. The summed E-state index contributed by atoms with van der Waals surface area (Å²) in [5, 5.41) is 5.73. The summed E-state index contributed by atoms with van der Waals surface area (Å²) in [6, 6.07) is 11.1. The van der Waals surface area contributed by atoms with E-state index in [2.05, 4.69) is 9.89 Å². The molecule has 0 aliphatic heterocycles. The van der Waals surface area contributed by atoms with Gasteiger partial charge in [-0.2, -0.15) is 0 Å². The number of fused-ring (bicyclic) bond motifs is 1. The zero-order valence-electron chi connectivity index (χ0n) is 14.6. The lowest BCUT2D eigenvalue weighted by atomic mass is 9.99. The number of ketones is 1. The van der Waals surface area contributed by atoms with Crippen molar-refractivity contribution in [1.29, 1.82) is 0 Å². The maximum Gasteiger partial charge on any atom is 0.305 e. The minimum atomic E-state index is -0.316. The first-order valence-corrected chi connectivity index (χ1v) is 7.88. The highest BCUT2D eigenvalue weighted by atomic mass is 16.6. The highest BCUT2D eigenvalue weighted by molar-refractivity contribution is 6.46. The summed E-state index contributed by atoms with van der Waals surface area (Å²) >= 11 is 0. The normalized spacial score (nSPS) is 11.2. The first-order chi connectivity index (χ1) is 12.1. The summed E-state index contributed by atoms with van der Waals surface area (Å²) in [5.74, 6) is 0.226. The van der Waals surface area contributed by atoms with Gasteiger partial charge in [0, 0.05) is 12.0 Å². The van der Waals surface area contributed by atoms with Gasteiger partial charge in [0.15, 0.2) is 0 Å². The van der Waals surface area contributed by atoms with Gasteiger partial charge < -0.3 is 14.3 Å². The SMILES string of the molecule is CO/N=C(\CCCC(=O)OC)C(=O)c1ccc2cc(OC)ccc2c1. The molecule has 0 heterocycles. The fourth-order valence-electron chi connectivity index (χ4n) is 2.47. The van der Waals surface area contributed by atoms with Crippen LogP contribution in [0.3, 0.4) is 0 Å². The number of hydrogen-bond acceptors (Lipinski definition) is 6. The van der Waals surface area contributed by atoms with Crippen LogP contribution in [0.25, 0.3) is 10.8 Å². The molecular weight excluding hydrogens is 322 g/mol. The molecule has 0 fully saturated rings. The van der Waals surface area contributed by atoms with Crippen LogP contribution in [0.15, 0.2) is 41.6 Å². The molecule has 132 valence electrons. The Morgan fingerprint density at radius 1 is 0.960 bits per heavy atom. The van der Waals surface area contributed by atoms with E-state index in [1.807, 2.05) is 30.3 Å². The van der Waals surface area contributed by atoms with E-state index in [1.54, 1.807) is 13.2 Å². The minimum absolute atomic E-state index is 0.218. The predicted octanol–water partition coefficient (Wildman–Crippen LogP) is 3.38. The quantitative estimate of drug-likeness (QED) is 0.318. The molecule has 2 rings (SSSR count). The van der Waals surface area contributed by atoms with Gasteiger partial charge in [-0.1, -0.05) is 23.4 Å². The van der Waals surface area contributed by atoms with Gasteiger partial charge in [0.2, 0.25) is 5.78 Å². The summed E-state index contributed by atoms with van der Waals surface area (Å²) in [5.41, 5.74) is 0.797. The number of esters is 1. The number of oxime groups is 1. The standard InChI is InChI=1S/C19H21NO5/c1-23-16-10-9-13-11-15(8-7-14(13)12-16)19(22)17(20-25-3)5-4-6-18(21)24-2/h7-12H,4-6H2,1-3H3/b20-17+. The number of hydrogen-bond donors (Lipinski definition) is 0. The smallest absolute Gasteiger partial charge is 0.305 e. The Morgan fingerprint density at radius 2 is 1.68 bits per heavy atom. The molecule has 0 aliphatic carbocycles. The Labute approximate surface area is 146 Å². The Kier molecular flexibility index (Phi) is 6.51. The molecular formula is C19H21NO5. The summed E-state index contributed by atoms with van der Waals surface area (Å²) in [6.45, 7) is 0. The summed E-state index contributed by atoms with van der Waals surface area (Å²) in [6.07, 6.45) is 1.03. The maximum absolute atomic E-state index is 12.7. The van der Waals surface area contributed by atoms with Crippen molar-refractivity contribution in [2.45, 2.75) is 19.3 Å². The molecule has 6 heteroatoms. The van der Waals surface area contributed by atoms with Gasteiger partial charge >= 0.3 is 5.97 Å². The molecule has 2 aromatic rings. The molecule has 0 atom stereocenters. The number of methoxy groups -OCH3 is 2. The predicted molar refractivity (Wildman–Crippen MR) is 95.1 cm³/mol. The van der Waals surface area contributed by atoms with Gasteiger partial charge in [-0.15, -0.1) is 0 Å². The zero-order valence-corrected chi connectivity index (χ0v) is 14.6. The van der Waals surface area contributed by atoms with E-state index >= 15 is 0 Å². The average Bonchev–Trinajstić information content (AvgIpc) is 2.65. The van der Waals surface area contributed by atoms with E-state index in [0.29, 0.717) is 18.4 Å². The van der Waals surface area contributed by atoms with E-state index in [4.69, 9.17) is 9.57 Å². The number of rotatable bonds is 8. The largest absolute Gasteiger partial charge is 0.497 e. The van der Waals surface area contributed by atoms with Crippen LogP contribution >= 0.6 is 0 Å². The second kappa shape index (κ2) is 8.82. The second-order valence-corrected chi connectivity index (χ2v) is 5.41. The van der Waals surface area contributed by atoms with Crippen LogP contribution in [-0.4, -0.2) is 38.8 Å². The van der Waals surface area contributed by atoms with Crippen molar-refractivity contribution >= 4 is 28.2 Å². The fourth-order valence-corrected chi connectivity index (χ4v) is 2.47. The van der Waals surface area contributed by atoms with Gasteiger partial charge in [0.05, 0.1) is 14.2 Å². The molecule has 0 aliphatic rings. The van der Waals surface area contributed by atoms with Crippen molar-refractivity contribution in [3.8, 4) is 5.75 Å². The van der Waals surface area contributed by atoms with Gasteiger partial charge in [0.25, 0.3) is 0 Å². The third-order valence-corrected chi connectivity index (χ3v) is 3.80. The average molecular weight is 343 g/mol. The lowest BCUT2D eigenvalue weighted by Gasteiger charge is -2.07. The van der Waals surface area contributed by atoms with Crippen LogP contribution in [0, 0.1) is 0 Å². The van der Waals surface area contributed by atoms with Crippen LogP contribution in [0.4, 0.5) is 0 Å². The topological polar surface area (TPSA) is 74.2 Å². The van der Waals surface area contributed by atoms with E-state index in [1.165, 1.54) is 14.2 Å². The summed E-state index contributed by atoms with van der Waals surface area (Å²) in [7, 11) is 4.34. The highest BCUT2D eigenvalue weighted by Gasteiger charge is 2.16. The van der Waals surface area contributed by atoms with Crippen molar-refractivity contribution < 1.29 is 23.9 Å². The molecule has 0 aromatic heterocycles. The number of nitrogens with zero attached hydrogens (tertiary/aromatic N) is 1.